The number of carbonyl (C=O) groups is 1. The van der Waals surface area contributed by atoms with Gasteiger partial charge in [0, 0.05) is 37.4 Å². The molecule has 1 aromatic heterocycles. The van der Waals surface area contributed by atoms with E-state index in [-0.39, 0.29) is 12.1 Å². The molecule has 1 saturated heterocycles. The molecule has 0 radical (unpaired) electrons. The van der Waals surface area contributed by atoms with E-state index in [1.807, 2.05) is 11.8 Å². The van der Waals surface area contributed by atoms with Gasteiger partial charge in [-0.3, -0.25) is 0 Å². The number of anilines is 2. The third kappa shape index (κ3) is 4.21. The van der Waals surface area contributed by atoms with Crippen LogP contribution in [0, 0.1) is 5.95 Å². The Balaban J connectivity index is 1.64. The van der Waals surface area contributed by atoms with Crippen LogP contribution in [0.25, 0.3) is 0 Å². The maximum Gasteiger partial charge on any atom is 0.321 e. The number of nitrogens with one attached hydrogen (secondary N) is 1. The van der Waals surface area contributed by atoms with E-state index in [2.05, 4.69) is 10.3 Å². The van der Waals surface area contributed by atoms with E-state index in [9.17, 15) is 9.18 Å². The predicted octanol–water partition coefficient (Wildman–Crippen LogP) is 2.98. The summed E-state index contributed by atoms with van der Waals surface area (Å²) in [4.78, 5) is 20.3. The Kier molecular flexibility index (Phi) is 5.63. The van der Waals surface area contributed by atoms with Gasteiger partial charge in [-0.25, -0.2) is 9.78 Å². The summed E-state index contributed by atoms with van der Waals surface area (Å²) in [6, 6.07) is 9.78. The first kappa shape index (κ1) is 18.8. The fourth-order valence-electron chi connectivity index (χ4n) is 3.16. The summed E-state index contributed by atoms with van der Waals surface area (Å²) in [5, 5.41) is 2.88. The van der Waals surface area contributed by atoms with Crippen molar-refractivity contribution in [3.8, 4) is 11.5 Å². The Labute approximate surface area is 157 Å². The largest absolute Gasteiger partial charge is 0.493 e. The third-order valence-corrected chi connectivity index (χ3v) is 4.54. The SMILES string of the molecule is COc1ccc(NC(=O)N2CCN(c3cccc(F)n3)C(C)C2)cc1OC. The Morgan fingerprint density at radius 2 is 1.96 bits per heavy atom. The number of halogens is 1. The molecular formula is C19H23FN4O3. The maximum atomic E-state index is 13.4. The molecule has 144 valence electrons. The molecule has 1 aromatic carbocycles. The van der Waals surface area contributed by atoms with Crippen molar-refractivity contribution in [3.05, 3.63) is 42.3 Å². The molecule has 1 aliphatic heterocycles. The molecule has 1 fully saturated rings. The van der Waals surface area contributed by atoms with Gasteiger partial charge in [0.15, 0.2) is 11.5 Å². The lowest BCUT2D eigenvalue weighted by Crippen LogP contribution is -2.55. The highest BCUT2D eigenvalue weighted by Crippen LogP contribution is 2.30. The standard InChI is InChI=1S/C19H23FN4O3/c1-13-12-23(9-10-24(13)18-6-4-5-17(20)22-18)19(25)21-14-7-8-15(26-2)16(11-14)27-3/h4-8,11,13H,9-10,12H2,1-3H3,(H,21,25). The quantitative estimate of drug-likeness (QED) is 0.834. The van der Waals surface area contributed by atoms with Gasteiger partial charge >= 0.3 is 6.03 Å². The van der Waals surface area contributed by atoms with E-state index < -0.39 is 5.95 Å². The van der Waals surface area contributed by atoms with Crippen LogP contribution in [0.2, 0.25) is 0 Å². The second kappa shape index (κ2) is 8.11. The molecule has 0 aliphatic carbocycles. The summed E-state index contributed by atoms with van der Waals surface area (Å²) >= 11 is 0. The fourth-order valence-corrected chi connectivity index (χ4v) is 3.16. The number of ether oxygens (including phenoxy) is 2. The molecule has 0 saturated carbocycles. The Hall–Kier alpha value is -3.03. The molecule has 8 heteroatoms. The van der Waals surface area contributed by atoms with Crippen molar-refractivity contribution >= 4 is 17.5 Å². The zero-order valence-corrected chi connectivity index (χ0v) is 15.6. The molecule has 0 bridgehead atoms. The predicted molar refractivity (Wildman–Crippen MR) is 101 cm³/mol. The van der Waals surface area contributed by atoms with Gasteiger partial charge in [0.05, 0.1) is 14.2 Å². The van der Waals surface area contributed by atoms with Crippen LogP contribution in [0.1, 0.15) is 6.92 Å². The van der Waals surface area contributed by atoms with E-state index in [0.717, 1.165) is 0 Å². The van der Waals surface area contributed by atoms with Crippen LogP contribution in [0.5, 0.6) is 11.5 Å². The lowest BCUT2D eigenvalue weighted by Gasteiger charge is -2.40. The lowest BCUT2D eigenvalue weighted by molar-refractivity contribution is 0.200. The molecule has 1 unspecified atom stereocenters. The number of carbonyl (C=O) groups excluding carboxylic acids is 1. The molecule has 2 amide bonds. The summed E-state index contributed by atoms with van der Waals surface area (Å²) < 4.78 is 23.8. The Morgan fingerprint density at radius 3 is 2.63 bits per heavy atom. The third-order valence-electron chi connectivity index (χ3n) is 4.54. The number of benzene rings is 1. The number of nitrogens with zero attached hydrogens (tertiary/aromatic N) is 3. The second-order valence-electron chi connectivity index (χ2n) is 6.31. The van der Waals surface area contributed by atoms with Gasteiger partial charge in [-0.05, 0) is 31.2 Å². The van der Waals surface area contributed by atoms with Gasteiger partial charge in [0.1, 0.15) is 5.82 Å². The smallest absolute Gasteiger partial charge is 0.321 e. The van der Waals surface area contributed by atoms with E-state index in [1.165, 1.54) is 6.07 Å². The van der Waals surface area contributed by atoms with Crippen LogP contribution < -0.4 is 19.7 Å². The van der Waals surface area contributed by atoms with Gasteiger partial charge in [-0.15, -0.1) is 0 Å². The lowest BCUT2D eigenvalue weighted by atomic mass is 10.2. The van der Waals surface area contributed by atoms with Crippen molar-refractivity contribution < 1.29 is 18.7 Å². The first-order valence-electron chi connectivity index (χ1n) is 8.69. The van der Waals surface area contributed by atoms with Crippen molar-refractivity contribution in [1.29, 1.82) is 0 Å². The zero-order valence-electron chi connectivity index (χ0n) is 15.6. The number of piperazine rings is 1. The first-order chi connectivity index (χ1) is 13.0. The van der Waals surface area contributed by atoms with Crippen molar-refractivity contribution in [2.45, 2.75) is 13.0 Å². The number of aromatic nitrogens is 1. The van der Waals surface area contributed by atoms with Crippen LogP contribution in [0.15, 0.2) is 36.4 Å². The minimum atomic E-state index is -0.506. The molecule has 7 nitrogen and oxygen atoms in total. The fraction of sp³-hybridized carbons (Fsp3) is 0.368. The molecule has 1 atom stereocenters. The van der Waals surface area contributed by atoms with Gasteiger partial charge in [0.25, 0.3) is 0 Å². The Morgan fingerprint density at radius 1 is 1.19 bits per heavy atom. The highest BCUT2D eigenvalue weighted by molar-refractivity contribution is 5.90. The summed E-state index contributed by atoms with van der Waals surface area (Å²) in [5.74, 6) is 1.22. The summed E-state index contributed by atoms with van der Waals surface area (Å²) in [6.45, 7) is 3.60. The van der Waals surface area contributed by atoms with Crippen molar-refractivity contribution in [2.24, 2.45) is 0 Å². The van der Waals surface area contributed by atoms with Crippen LogP contribution >= 0.6 is 0 Å². The molecule has 2 heterocycles. The van der Waals surface area contributed by atoms with Crippen molar-refractivity contribution in [3.63, 3.8) is 0 Å². The van der Waals surface area contributed by atoms with Gasteiger partial charge in [-0.1, -0.05) is 6.07 Å². The number of hydrogen-bond donors (Lipinski definition) is 1. The van der Waals surface area contributed by atoms with E-state index >= 15 is 0 Å². The second-order valence-corrected chi connectivity index (χ2v) is 6.31. The summed E-state index contributed by atoms with van der Waals surface area (Å²) in [7, 11) is 3.11. The van der Waals surface area contributed by atoms with Gasteiger partial charge < -0.3 is 24.6 Å². The topological polar surface area (TPSA) is 66.9 Å². The number of methoxy groups -OCH3 is 2. The number of rotatable bonds is 4. The van der Waals surface area contributed by atoms with Crippen LogP contribution in [-0.2, 0) is 0 Å². The summed E-state index contributed by atoms with van der Waals surface area (Å²) in [5.41, 5.74) is 0.625. The highest BCUT2D eigenvalue weighted by atomic mass is 19.1. The van der Waals surface area contributed by atoms with Gasteiger partial charge in [0.2, 0.25) is 5.95 Å². The minimum absolute atomic E-state index is 0.0178. The molecule has 2 aromatic rings. The number of hydrogen-bond acceptors (Lipinski definition) is 5. The van der Waals surface area contributed by atoms with E-state index in [0.29, 0.717) is 42.6 Å². The zero-order chi connectivity index (χ0) is 19.4. The van der Waals surface area contributed by atoms with E-state index in [4.69, 9.17) is 9.47 Å². The van der Waals surface area contributed by atoms with Crippen LogP contribution in [0.3, 0.4) is 0 Å². The van der Waals surface area contributed by atoms with Crippen LogP contribution in [-0.4, -0.2) is 55.8 Å². The molecule has 1 N–H and O–H groups in total. The number of amides is 2. The molecular weight excluding hydrogens is 351 g/mol. The minimum Gasteiger partial charge on any atom is -0.493 e. The van der Waals surface area contributed by atoms with E-state index in [1.54, 1.807) is 49.5 Å². The first-order valence-corrected chi connectivity index (χ1v) is 8.69. The maximum absolute atomic E-state index is 13.4. The highest BCUT2D eigenvalue weighted by Gasteiger charge is 2.27. The summed E-state index contributed by atoms with van der Waals surface area (Å²) in [6.07, 6.45) is 0. The molecule has 0 spiro atoms. The normalized spacial score (nSPS) is 16.8. The van der Waals surface area contributed by atoms with Crippen molar-refractivity contribution in [2.75, 3.05) is 44.1 Å². The van der Waals surface area contributed by atoms with Gasteiger partial charge in [-0.2, -0.15) is 4.39 Å². The number of pyridine rings is 1. The average Bonchev–Trinajstić information content (AvgIpc) is 2.67. The molecule has 1 aliphatic rings. The molecule has 27 heavy (non-hydrogen) atoms. The van der Waals surface area contributed by atoms with Crippen molar-refractivity contribution in [1.82, 2.24) is 9.88 Å². The number of urea groups is 1. The Bertz CT molecular complexity index is 817. The average molecular weight is 374 g/mol. The monoisotopic (exact) mass is 374 g/mol. The molecule has 3 rings (SSSR count). The van der Waals surface area contributed by atoms with Crippen LogP contribution in [0.4, 0.5) is 20.7 Å².